The Kier molecular flexibility index (Phi) is 4.58. The van der Waals surface area contributed by atoms with Crippen molar-refractivity contribution in [3.8, 4) is 0 Å². The Morgan fingerprint density at radius 3 is 2.60 bits per heavy atom. The fourth-order valence-corrected chi connectivity index (χ4v) is 2.09. The van der Waals surface area contributed by atoms with Gasteiger partial charge in [0.1, 0.15) is 0 Å². The lowest BCUT2D eigenvalue weighted by molar-refractivity contribution is -0.128. The van der Waals surface area contributed by atoms with Crippen LogP contribution >= 0.6 is 0 Å². The van der Waals surface area contributed by atoms with Crippen LogP contribution in [0.15, 0.2) is 0 Å². The van der Waals surface area contributed by atoms with E-state index in [9.17, 15) is 4.79 Å². The molecule has 0 aromatic carbocycles. The van der Waals surface area contributed by atoms with Crippen LogP contribution in [0.2, 0.25) is 0 Å². The third kappa shape index (κ3) is 3.49. The minimum atomic E-state index is 0.254. The monoisotopic (exact) mass is 212 g/mol. The molecule has 1 rings (SSSR count). The summed E-state index contributed by atoms with van der Waals surface area (Å²) in [5, 5.41) is 3.27. The summed E-state index contributed by atoms with van der Waals surface area (Å²) in [7, 11) is 0. The summed E-state index contributed by atoms with van der Waals surface area (Å²) in [5.74, 6) is 1.49. The van der Waals surface area contributed by atoms with Crippen molar-refractivity contribution in [2.45, 2.75) is 46.7 Å². The van der Waals surface area contributed by atoms with Gasteiger partial charge in [-0.2, -0.15) is 0 Å². The number of hydrogen-bond donors (Lipinski definition) is 1. The molecule has 1 unspecified atom stereocenters. The van der Waals surface area contributed by atoms with E-state index in [0.717, 1.165) is 18.9 Å². The van der Waals surface area contributed by atoms with E-state index in [-0.39, 0.29) is 12.1 Å². The highest BCUT2D eigenvalue weighted by Gasteiger charge is 2.31. The Morgan fingerprint density at radius 2 is 2.07 bits per heavy atom. The Labute approximate surface area is 93.2 Å². The van der Waals surface area contributed by atoms with Gasteiger partial charge in [-0.3, -0.25) is 10.1 Å². The molecule has 1 fully saturated rings. The average molecular weight is 212 g/mol. The third-order valence-corrected chi connectivity index (χ3v) is 2.93. The van der Waals surface area contributed by atoms with Crippen molar-refractivity contribution >= 4 is 5.91 Å². The molecule has 0 spiro atoms. The van der Waals surface area contributed by atoms with Gasteiger partial charge in [0.05, 0.1) is 12.7 Å². The first kappa shape index (κ1) is 12.5. The van der Waals surface area contributed by atoms with Crippen LogP contribution in [0.4, 0.5) is 0 Å². The van der Waals surface area contributed by atoms with E-state index in [1.54, 1.807) is 0 Å². The molecule has 1 heterocycles. The predicted octanol–water partition coefficient (Wildman–Crippen LogP) is 1.84. The van der Waals surface area contributed by atoms with Crippen molar-refractivity contribution in [1.82, 2.24) is 10.2 Å². The van der Waals surface area contributed by atoms with Gasteiger partial charge >= 0.3 is 0 Å². The number of carbonyl (C=O) groups excluding carboxylic acids is 1. The van der Waals surface area contributed by atoms with Crippen LogP contribution in [-0.2, 0) is 4.79 Å². The van der Waals surface area contributed by atoms with Crippen LogP contribution in [0.5, 0.6) is 0 Å². The van der Waals surface area contributed by atoms with Crippen LogP contribution in [0.25, 0.3) is 0 Å². The van der Waals surface area contributed by atoms with E-state index in [0.29, 0.717) is 12.5 Å². The summed E-state index contributed by atoms with van der Waals surface area (Å²) in [6.07, 6.45) is 2.58. The molecule has 1 N–H and O–H groups in total. The van der Waals surface area contributed by atoms with Gasteiger partial charge in [0.15, 0.2) is 0 Å². The maximum atomic E-state index is 11.6. The molecule has 1 aliphatic heterocycles. The Balaban J connectivity index is 2.39. The van der Waals surface area contributed by atoms with E-state index in [1.165, 1.54) is 6.42 Å². The van der Waals surface area contributed by atoms with E-state index >= 15 is 0 Å². The van der Waals surface area contributed by atoms with E-state index in [1.807, 2.05) is 4.90 Å². The number of hydrogen-bond acceptors (Lipinski definition) is 2. The van der Waals surface area contributed by atoms with Gasteiger partial charge in [0.25, 0.3) is 0 Å². The van der Waals surface area contributed by atoms with Crippen molar-refractivity contribution < 1.29 is 4.79 Å². The number of amides is 1. The Hall–Kier alpha value is -0.570. The standard InChI is InChI=1S/C12H24N2O/c1-9(2)6-5-7-14-11(15)8-13-12(14)10(3)4/h9-10,12-13H,5-8H2,1-4H3. The lowest BCUT2D eigenvalue weighted by Gasteiger charge is -2.27. The summed E-state index contributed by atoms with van der Waals surface area (Å²) in [6, 6.07) is 0. The summed E-state index contributed by atoms with van der Waals surface area (Å²) < 4.78 is 0. The molecular weight excluding hydrogens is 188 g/mol. The maximum Gasteiger partial charge on any atom is 0.237 e. The van der Waals surface area contributed by atoms with Gasteiger partial charge in [-0.1, -0.05) is 27.7 Å². The highest BCUT2D eigenvalue weighted by molar-refractivity contribution is 5.80. The smallest absolute Gasteiger partial charge is 0.237 e. The quantitative estimate of drug-likeness (QED) is 0.754. The van der Waals surface area contributed by atoms with Crippen molar-refractivity contribution in [1.29, 1.82) is 0 Å². The summed E-state index contributed by atoms with van der Waals surface area (Å²) >= 11 is 0. The molecule has 15 heavy (non-hydrogen) atoms. The fourth-order valence-electron chi connectivity index (χ4n) is 2.09. The van der Waals surface area contributed by atoms with Crippen LogP contribution in [0.1, 0.15) is 40.5 Å². The topological polar surface area (TPSA) is 32.3 Å². The predicted molar refractivity (Wildman–Crippen MR) is 62.4 cm³/mol. The summed E-state index contributed by atoms with van der Waals surface area (Å²) in [5.41, 5.74) is 0. The van der Waals surface area contributed by atoms with Gasteiger partial charge in [-0.15, -0.1) is 0 Å². The summed E-state index contributed by atoms with van der Waals surface area (Å²) in [6.45, 7) is 10.2. The highest BCUT2D eigenvalue weighted by atomic mass is 16.2. The lowest BCUT2D eigenvalue weighted by Crippen LogP contribution is -2.41. The molecule has 88 valence electrons. The third-order valence-electron chi connectivity index (χ3n) is 2.93. The van der Waals surface area contributed by atoms with E-state index < -0.39 is 0 Å². The first-order valence-electron chi connectivity index (χ1n) is 6.05. The maximum absolute atomic E-state index is 11.6. The normalized spacial score (nSPS) is 22.1. The molecule has 0 aromatic heterocycles. The minimum absolute atomic E-state index is 0.254. The number of carbonyl (C=O) groups is 1. The van der Waals surface area contributed by atoms with Crippen molar-refractivity contribution in [2.75, 3.05) is 13.1 Å². The molecule has 1 saturated heterocycles. The van der Waals surface area contributed by atoms with Gasteiger partial charge in [-0.25, -0.2) is 0 Å². The van der Waals surface area contributed by atoms with Crippen molar-refractivity contribution in [3.05, 3.63) is 0 Å². The number of nitrogens with one attached hydrogen (secondary N) is 1. The first-order valence-corrected chi connectivity index (χ1v) is 6.05. The van der Waals surface area contributed by atoms with Crippen LogP contribution < -0.4 is 5.32 Å². The molecule has 3 heteroatoms. The Morgan fingerprint density at radius 1 is 1.40 bits per heavy atom. The van der Waals surface area contributed by atoms with Gasteiger partial charge < -0.3 is 4.90 Å². The molecular formula is C12H24N2O. The second-order valence-electron chi connectivity index (χ2n) is 5.19. The van der Waals surface area contributed by atoms with E-state index in [4.69, 9.17) is 0 Å². The van der Waals surface area contributed by atoms with Gasteiger partial charge in [0, 0.05) is 6.54 Å². The summed E-state index contributed by atoms with van der Waals surface area (Å²) in [4.78, 5) is 13.6. The molecule has 1 amide bonds. The van der Waals surface area contributed by atoms with Crippen molar-refractivity contribution in [3.63, 3.8) is 0 Å². The minimum Gasteiger partial charge on any atom is -0.326 e. The van der Waals surface area contributed by atoms with Crippen molar-refractivity contribution in [2.24, 2.45) is 11.8 Å². The first-order chi connectivity index (χ1) is 7.02. The fraction of sp³-hybridized carbons (Fsp3) is 0.917. The molecule has 1 aliphatic rings. The Bertz CT molecular complexity index is 214. The molecule has 3 nitrogen and oxygen atoms in total. The highest BCUT2D eigenvalue weighted by Crippen LogP contribution is 2.15. The molecule has 0 aromatic rings. The number of rotatable bonds is 5. The number of nitrogens with zero attached hydrogens (tertiary/aromatic N) is 1. The second kappa shape index (κ2) is 5.50. The average Bonchev–Trinajstić information content (AvgIpc) is 2.47. The zero-order chi connectivity index (χ0) is 11.4. The van der Waals surface area contributed by atoms with E-state index in [2.05, 4.69) is 33.0 Å². The lowest BCUT2D eigenvalue weighted by atomic mass is 10.1. The largest absolute Gasteiger partial charge is 0.326 e. The molecule has 1 atom stereocenters. The molecule has 0 aliphatic carbocycles. The SMILES string of the molecule is CC(C)CCCN1C(=O)CNC1C(C)C. The zero-order valence-corrected chi connectivity index (χ0v) is 10.4. The van der Waals surface area contributed by atoms with Gasteiger partial charge in [-0.05, 0) is 24.7 Å². The van der Waals surface area contributed by atoms with Crippen LogP contribution in [-0.4, -0.2) is 30.1 Å². The molecule has 0 saturated carbocycles. The second-order valence-corrected chi connectivity index (χ2v) is 5.19. The van der Waals surface area contributed by atoms with Crippen LogP contribution in [0.3, 0.4) is 0 Å². The van der Waals surface area contributed by atoms with Gasteiger partial charge in [0.2, 0.25) is 5.91 Å². The van der Waals surface area contributed by atoms with Crippen LogP contribution in [0, 0.1) is 11.8 Å². The molecule has 0 bridgehead atoms. The molecule has 0 radical (unpaired) electrons. The zero-order valence-electron chi connectivity index (χ0n) is 10.4.